The minimum atomic E-state index is -0.271. The van der Waals surface area contributed by atoms with E-state index in [1.165, 1.54) is 4.68 Å². The number of aryl methyl sites for hydroxylation is 2. The lowest BCUT2D eigenvalue weighted by molar-refractivity contribution is 0.277. The van der Waals surface area contributed by atoms with Crippen LogP contribution >= 0.6 is 11.3 Å². The minimum Gasteiger partial charge on any atom is -0.391 e. The first-order valence-electron chi connectivity index (χ1n) is 7.03. The molecule has 0 aliphatic carbocycles. The Hall–Kier alpha value is -2.05. The van der Waals surface area contributed by atoms with Gasteiger partial charge in [0, 0.05) is 5.56 Å². The van der Waals surface area contributed by atoms with Crippen LogP contribution in [0.4, 0.5) is 0 Å². The van der Waals surface area contributed by atoms with Crippen molar-refractivity contribution in [3.8, 4) is 0 Å². The number of fused-ring (bicyclic) bond motifs is 1. The summed E-state index contributed by atoms with van der Waals surface area (Å²) in [4.78, 5) is 16.9. The van der Waals surface area contributed by atoms with Crippen LogP contribution in [0.5, 0.6) is 0 Å². The molecule has 5 nitrogen and oxygen atoms in total. The molecule has 0 saturated heterocycles. The van der Waals surface area contributed by atoms with Gasteiger partial charge in [-0.3, -0.25) is 4.79 Å². The molecule has 0 aliphatic rings. The van der Waals surface area contributed by atoms with E-state index in [9.17, 15) is 9.90 Å². The molecule has 0 saturated carbocycles. The number of nitrogens with zero attached hydrogens (tertiary/aromatic N) is 3. The average molecular weight is 315 g/mol. The van der Waals surface area contributed by atoms with Crippen molar-refractivity contribution < 1.29 is 5.11 Å². The molecule has 6 heteroatoms. The maximum absolute atomic E-state index is 12.4. The Kier molecular flexibility index (Phi) is 3.80. The largest absolute Gasteiger partial charge is 0.391 e. The first-order chi connectivity index (χ1) is 10.5. The topological polar surface area (TPSA) is 68.0 Å². The smallest absolute Gasteiger partial charge is 0.272 e. The summed E-state index contributed by atoms with van der Waals surface area (Å²) >= 11 is 1.56. The van der Waals surface area contributed by atoms with Crippen molar-refractivity contribution in [1.29, 1.82) is 0 Å². The molecule has 0 radical (unpaired) electrons. The van der Waals surface area contributed by atoms with Crippen LogP contribution in [0.25, 0.3) is 10.2 Å². The minimum absolute atomic E-state index is 0.249. The number of hydrogen-bond donors (Lipinski definition) is 1. The molecule has 2 aromatic heterocycles. The number of aromatic nitrogens is 3. The lowest BCUT2D eigenvalue weighted by Gasteiger charge is -2.09. The van der Waals surface area contributed by atoms with Gasteiger partial charge in [-0.25, -0.2) is 9.67 Å². The third-order valence-electron chi connectivity index (χ3n) is 3.79. The Morgan fingerprint density at radius 3 is 2.77 bits per heavy atom. The summed E-state index contributed by atoms with van der Waals surface area (Å²) in [7, 11) is 0. The first-order valence-corrected chi connectivity index (χ1v) is 7.85. The van der Waals surface area contributed by atoms with E-state index in [4.69, 9.17) is 0 Å². The highest BCUT2D eigenvalue weighted by molar-refractivity contribution is 7.18. The second-order valence-electron chi connectivity index (χ2n) is 5.39. The van der Waals surface area contributed by atoms with E-state index >= 15 is 0 Å². The fourth-order valence-electron chi connectivity index (χ4n) is 2.41. The van der Waals surface area contributed by atoms with Gasteiger partial charge in [-0.2, -0.15) is 5.10 Å². The first kappa shape index (κ1) is 14.9. The number of aliphatic hydroxyl groups excluding tert-OH is 1. The van der Waals surface area contributed by atoms with E-state index in [1.807, 2.05) is 26.0 Å². The summed E-state index contributed by atoms with van der Waals surface area (Å²) in [5.74, 6) is 0. The molecule has 1 N–H and O–H groups in total. The van der Waals surface area contributed by atoms with Crippen molar-refractivity contribution in [1.82, 2.24) is 14.8 Å². The standard InChI is InChI=1S/C16H17N3O2S/c1-9-4-5-14-13(6-9)17-15(22-14)7-19-16(21)12(8-20)10(2)11(3)18-19/h4-6,20H,7-8H2,1-3H3. The molecule has 0 fully saturated rings. The summed E-state index contributed by atoms with van der Waals surface area (Å²) < 4.78 is 2.48. The third-order valence-corrected chi connectivity index (χ3v) is 4.81. The van der Waals surface area contributed by atoms with Gasteiger partial charge in [-0.15, -0.1) is 11.3 Å². The average Bonchev–Trinajstić information content (AvgIpc) is 2.87. The van der Waals surface area contributed by atoms with Crippen LogP contribution in [-0.2, 0) is 13.2 Å². The van der Waals surface area contributed by atoms with Gasteiger partial charge >= 0.3 is 0 Å². The molecular formula is C16H17N3O2S. The van der Waals surface area contributed by atoms with Gasteiger partial charge in [0.1, 0.15) is 5.01 Å². The van der Waals surface area contributed by atoms with Crippen LogP contribution in [0.1, 0.15) is 27.4 Å². The molecule has 114 valence electrons. The molecule has 0 amide bonds. The molecule has 22 heavy (non-hydrogen) atoms. The highest BCUT2D eigenvalue weighted by atomic mass is 32.1. The number of hydrogen-bond acceptors (Lipinski definition) is 5. The van der Waals surface area contributed by atoms with Crippen molar-refractivity contribution in [3.63, 3.8) is 0 Å². The third kappa shape index (κ3) is 2.55. The number of rotatable bonds is 3. The molecule has 3 rings (SSSR count). The number of benzene rings is 1. The monoisotopic (exact) mass is 315 g/mol. The fourth-order valence-corrected chi connectivity index (χ4v) is 3.34. The molecule has 0 unspecified atom stereocenters. The normalized spacial score (nSPS) is 11.3. The van der Waals surface area contributed by atoms with Gasteiger partial charge < -0.3 is 5.11 Å². The van der Waals surface area contributed by atoms with Crippen LogP contribution in [0, 0.1) is 20.8 Å². The molecule has 0 bridgehead atoms. The van der Waals surface area contributed by atoms with Gasteiger partial charge in [-0.05, 0) is 44.0 Å². The Morgan fingerprint density at radius 2 is 2.05 bits per heavy atom. The van der Waals surface area contributed by atoms with E-state index < -0.39 is 0 Å². The summed E-state index contributed by atoms with van der Waals surface area (Å²) in [5, 5.41) is 14.6. The van der Waals surface area contributed by atoms with Gasteiger partial charge in [0.15, 0.2) is 0 Å². The van der Waals surface area contributed by atoms with Crippen molar-refractivity contribution in [2.24, 2.45) is 0 Å². The summed E-state index contributed by atoms with van der Waals surface area (Å²) in [5.41, 5.74) is 3.77. The Balaban J connectivity index is 2.05. The van der Waals surface area contributed by atoms with Crippen LogP contribution in [0.3, 0.4) is 0 Å². The van der Waals surface area contributed by atoms with Gasteiger partial charge in [-0.1, -0.05) is 6.07 Å². The van der Waals surface area contributed by atoms with Crippen LogP contribution in [-0.4, -0.2) is 19.9 Å². The Labute approximate surface area is 131 Å². The SMILES string of the molecule is Cc1ccc2sc(Cn3nc(C)c(C)c(CO)c3=O)nc2c1. The summed E-state index contributed by atoms with van der Waals surface area (Å²) in [6.07, 6.45) is 0. The van der Waals surface area contributed by atoms with Crippen LogP contribution < -0.4 is 5.56 Å². The summed E-state index contributed by atoms with van der Waals surface area (Å²) in [6.45, 7) is 5.73. The second kappa shape index (κ2) is 5.62. The molecule has 0 spiro atoms. The van der Waals surface area contributed by atoms with E-state index in [0.29, 0.717) is 12.1 Å². The van der Waals surface area contributed by atoms with Gasteiger partial charge in [0.25, 0.3) is 5.56 Å². The highest BCUT2D eigenvalue weighted by Crippen LogP contribution is 2.23. The van der Waals surface area contributed by atoms with Crippen molar-refractivity contribution in [3.05, 3.63) is 55.9 Å². The number of aliphatic hydroxyl groups is 1. The molecule has 2 heterocycles. The van der Waals surface area contributed by atoms with Gasteiger partial charge in [0.2, 0.25) is 0 Å². The predicted octanol–water partition coefficient (Wildman–Crippen LogP) is 2.32. The van der Waals surface area contributed by atoms with E-state index in [1.54, 1.807) is 18.3 Å². The zero-order valence-corrected chi connectivity index (χ0v) is 13.6. The molecule has 0 atom stereocenters. The molecule has 3 aromatic rings. The lowest BCUT2D eigenvalue weighted by atomic mass is 10.1. The van der Waals surface area contributed by atoms with E-state index in [-0.39, 0.29) is 12.2 Å². The van der Waals surface area contributed by atoms with Crippen LogP contribution in [0.15, 0.2) is 23.0 Å². The van der Waals surface area contributed by atoms with Gasteiger partial charge in [0.05, 0.1) is 29.1 Å². The lowest BCUT2D eigenvalue weighted by Crippen LogP contribution is -2.29. The quantitative estimate of drug-likeness (QED) is 0.805. The maximum Gasteiger partial charge on any atom is 0.272 e. The molecular weight excluding hydrogens is 298 g/mol. The van der Waals surface area contributed by atoms with Crippen molar-refractivity contribution >= 4 is 21.6 Å². The summed E-state index contributed by atoms with van der Waals surface area (Å²) in [6, 6.07) is 6.13. The molecule has 1 aromatic carbocycles. The van der Waals surface area contributed by atoms with Crippen molar-refractivity contribution in [2.75, 3.05) is 0 Å². The highest BCUT2D eigenvalue weighted by Gasteiger charge is 2.13. The molecule has 0 aliphatic heterocycles. The van der Waals surface area contributed by atoms with E-state index in [0.717, 1.165) is 32.0 Å². The van der Waals surface area contributed by atoms with E-state index in [2.05, 4.69) is 16.1 Å². The fraction of sp³-hybridized carbons (Fsp3) is 0.312. The number of thiazole rings is 1. The Bertz CT molecular complexity index is 912. The Morgan fingerprint density at radius 1 is 1.27 bits per heavy atom. The zero-order valence-electron chi connectivity index (χ0n) is 12.8. The second-order valence-corrected chi connectivity index (χ2v) is 6.50. The van der Waals surface area contributed by atoms with Crippen molar-refractivity contribution in [2.45, 2.75) is 33.9 Å². The zero-order chi connectivity index (χ0) is 15.9. The predicted molar refractivity (Wildman–Crippen MR) is 87.4 cm³/mol. The van der Waals surface area contributed by atoms with Crippen LogP contribution in [0.2, 0.25) is 0 Å². The maximum atomic E-state index is 12.4.